The van der Waals surface area contributed by atoms with E-state index in [2.05, 4.69) is 13.8 Å². The van der Waals surface area contributed by atoms with Crippen LogP contribution in [-0.4, -0.2) is 57.7 Å². The van der Waals surface area contributed by atoms with Crippen molar-refractivity contribution < 1.29 is 19.4 Å². The highest BCUT2D eigenvalue weighted by molar-refractivity contribution is 8.00. The Kier molecular flexibility index (Phi) is 4.17. The van der Waals surface area contributed by atoms with Gasteiger partial charge in [0.2, 0.25) is 0 Å². The van der Waals surface area contributed by atoms with Crippen LogP contribution in [0.1, 0.15) is 26.7 Å². The fourth-order valence-electron chi connectivity index (χ4n) is 2.56. The number of carboxylic acid groups (broad SMARTS) is 1. The molecule has 5 nitrogen and oxygen atoms in total. The highest BCUT2D eigenvalue weighted by Crippen LogP contribution is 2.27. The Labute approximate surface area is 111 Å². The Morgan fingerprint density at radius 1 is 1.17 bits per heavy atom. The molecule has 1 N–H and O–H groups in total. The quantitative estimate of drug-likeness (QED) is 0.812. The molecule has 0 aromatic carbocycles. The maximum atomic E-state index is 12.3. The van der Waals surface area contributed by atoms with Gasteiger partial charge in [-0.05, 0) is 12.8 Å². The standard InChI is InChI=1S/C12H19NO4S/c1-7-5-13(6-8(2)18-7)11(14)9-3-4-10(17-9)12(15)16/h7-10H,3-6H2,1-2H3,(H,15,16)/t7?,8?,9-,10+/m0/s1. The molecular formula is C12H19NO4S. The van der Waals surface area contributed by atoms with E-state index < -0.39 is 18.2 Å². The number of carbonyl (C=O) groups is 2. The number of aliphatic carboxylic acids is 1. The minimum atomic E-state index is -0.971. The molecule has 0 radical (unpaired) electrons. The summed E-state index contributed by atoms with van der Waals surface area (Å²) < 4.78 is 5.31. The molecular weight excluding hydrogens is 254 g/mol. The molecule has 0 aliphatic carbocycles. The molecule has 2 fully saturated rings. The zero-order chi connectivity index (χ0) is 13.3. The fraction of sp³-hybridized carbons (Fsp3) is 0.833. The SMILES string of the molecule is CC1CN(C(=O)[C@@H]2CC[C@H](C(=O)O)O2)CC(C)S1. The lowest BCUT2D eigenvalue weighted by atomic mass is 10.1. The van der Waals surface area contributed by atoms with Crippen molar-refractivity contribution in [2.45, 2.75) is 49.4 Å². The number of carboxylic acids is 1. The van der Waals surface area contributed by atoms with Gasteiger partial charge in [-0.25, -0.2) is 4.79 Å². The minimum Gasteiger partial charge on any atom is -0.479 e. The van der Waals surface area contributed by atoms with Crippen molar-refractivity contribution in [1.82, 2.24) is 4.90 Å². The highest BCUT2D eigenvalue weighted by Gasteiger charge is 2.38. The second kappa shape index (κ2) is 5.48. The maximum Gasteiger partial charge on any atom is 0.332 e. The predicted octanol–water partition coefficient (Wildman–Crippen LogP) is 0.971. The van der Waals surface area contributed by atoms with Gasteiger partial charge in [0.25, 0.3) is 5.91 Å². The van der Waals surface area contributed by atoms with Crippen molar-refractivity contribution in [1.29, 1.82) is 0 Å². The van der Waals surface area contributed by atoms with Crippen LogP contribution in [0.5, 0.6) is 0 Å². The van der Waals surface area contributed by atoms with Gasteiger partial charge in [-0.3, -0.25) is 4.79 Å². The second-order valence-electron chi connectivity index (χ2n) is 5.03. The number of ether oxygens (including phenoxy) is 1. The zero-order valence-corrected chi connectivity index (χ0v) is 11.5. The van der Waals surface area contributed by atoms with Crippen molar-refractivity contribution >= 4 is 23.6 Å². The van der Waals surface area contributed by atoms with Gasteiger partial charge >= 0.3 is 5.97 Å². The normalized spacial score (nSPS) is 36.7. The molecule has 1 amide bonds. The van der Waals surface area contributed by atoms with Crippen LogP contribution in [0.15, 0.2) is 0 Å². The number of carbonyl (C=O) groups excluding carboxylic acids is 1. The Balaban J connectivity index is 1.93. The number of thioether (sulfide) groups is 1. The summed E-state index contributed by atoms with van der Waals surface area (Å²) in [7, 11) is 0. The van der Waals surface area contributed by atoms with Crippen LogP contribution in [-0.2, 0) is 14.3 Å². The van der Waals surface area contributed by atoms with Gasteiger partial charge in [-0.2, -0.15) is 11.8 Å². The fourth-order valence-corrected chi connectivity index (χ4v) is 3.89. The summed E-state index contributed by atoms with van der Waals surface area (Å²) in [5.74, 6) is -1.01. The van der Waals surface area contributed by atoms with E-state index >= 15 is 0 Å². The maximum absolute atomic E-state index is 12.3. The van der Waals surface area contributed by atoms with Gasteiger partial charge in [0.15, 0.2) is 6.10 Å². The lowest BCUT2D eigenvalue weighted by Gasteiger charge is -2.35. The van der Waals surface area contributed by atoms with E-state index in [4.69, 9.17) is 9.84 Å². The van der Waals surface area contributed by atoms with Gasteiger partial charge < -0.3 is 14.7 Å². The predicted molar refractivity (Wildman–Crippen MR) is 68.6 cm³/mol. The third-order valence-electron chi connectivity index (χ3n) is 3.30. The number of hydrogen-bond acceptors (Lipinski definition) is 4. The van der Waals surface area contributed by atoms with Crippen LogP contribution in [0.3, 0.4) is 0 Å². The van der Waals surface area contributed by atoms with E-state index in [0.717, 1.165) is 13.1 Å². The number of amides is 1. The first-order chi connectivity index (χ1) is 8.47. The molecule has 2 saturated heterocycles. The van der Waals surface area contributed by atoms with Crippen molar-refractivity contribution in [3.05, 3.63) is 0 Å². The molecule has 4 atom stereocenters. The summed E-state index contributed by atoms with van der Waals surface area (Å²) in [5.41, 5.74) is 0. The Morgan fingerprint density at radius 3 is 2.22 bits per heavy atom. The molecule has 2 aliphatic heterocycles. The van der Waals surface area contributed by atoms with Gasteiger partial charge in [0, 0.05) is 23.6 Å². The Hall–Kier alpha value is -0.750. The third kappa shape index (κ3) is 2.98. The average Bonchev–Trinajstić information content (AvgIpc) is 2.75. The van der Waals surface area contributed by atoms with E-state index in [1.807, 2.05) is 16.7 Å². The molecule has 0 bridgehead atoms. The zero-order valence-electron chi connectivity index (χ0n) is 10.7. The monoisotopic (exact) mass is 273 g/mol. The molecule has 2 aliphatic rings. The summed E-state index contributed by atoms with van der Waals surface area (Å²) in [4.78, 5) is 24.9. The Bertz CT molecular complexity index is 339. The average molecular weight is 273 g/mol. The number of rotatable bonds is 2. The molecule has 102 valence electrons. The van der Waals surface area contributed by atoms with Crippen LogP contribution in [0.2, 0.25) is 0 Å². The van der Waals surface area contributed by atoms with Gasteiger partial charge in [-0.15, -0.1) is 0 Å². The van der Waals surface area contributed by atoms with Crippen LogP contribution >= 0.6 is 11.8 Å². The largest absolute Gasteiger partial charge is 0.479 e. The highest BCUT2D eigenvalue weighted by atomic mass is 32.2. The topological polar surface area (TPSA) is 66.8 Å². The third-order valence-corrected chi connectivity index (χ3v) is 4.53. The number of nitrogens with zero attached hydrogens (tertiary/aromatic N) is 1. The molecule has 0 aromatic heterocycles. The summed E-state index contributed by atoms with van der Waals surface area (Å²) in [5, 5.41) is 9.70. The first-order valence-electron chi connectivity index (χ1n) is 6.30. The lowest BCUT2D eigenvalue weighted by molar-refractivity contribution is -0.154. The Morgan fingerprint density at radius 2 is 1.72 bits per heavy atom. The number of hydrogen-bond donors (Lipinski definition) is 1. The van der Waals surface area contributed by atoms with Crippen LogP contribution in [0, 0.1) is 0 Å². The van der Waals surface area contributed by atoms with Crippen molar-refractivity contribution in [3.8, 4) is 0 Å². The van der Waals surface area contributed by atoms with Crippen molar-refractivity contribution in [3.63, 3.8) is 0 Å². The van der Waals surface area contributed by atoms with Gasteiger partial charge in [-0.1, -0.05) is 13.8 Å². The molecule has 0 aromatic rings. The van der Waals surface area contributed by atoms with Crippen LogP contribution < -0.4 is 0 Å². The summed E-state index contributed by atoms with van der Waals surface area (Å²) in [6, 6.07) is 0. The van der Waals surface area contributed by atoms with E-state index in [-0.39, 0.29) is 5.91 Å². The molecule has 6 heteroatoms. The van der Waals surface area contributed by atoms with Crippen LogP contribution in [0.4, 0.5) is 0 Å². The first-order valence-corrected chi connectivity index (χ1v) is 7.24. The summed E-state index contributed by atoms with van der Waals surface area (Å²) in [6.45, 7) is 5.67. The molecule has 2 rings (SSSR count). The van der Waals surface area contributed by atoms with E-state index in [0.29, 0.717) is 23.3 Å². The van der Waals surface area contributed by atoms with E-state index in [1.165, 1.54) is 0 Å². The molecule has 2 heterocycles. The lowest BCUT2D eigenvalue weighted by Crippen LogP contribution is -2.48. The van der Waals surface area contributed by atoms with E-state index in [1.54, 1.807) is 0 Å². The summed E-state index contributed by atoms with van der Waals surface area (Å²) in [6.07, 6.45) is -0.427. The smallest absolute Gasteiger partial charge is 0.332 e. The van der Waals surface area contributed by atoms with Crippen LogP contribution in [0.25, 0.3) is 0 Å². The van der Waals surface area contributed by atoms with Gasteiger partial charge in [0.1, 0.15) is 6.10 Å². The van der Waals surface area contributed by atoms with Crippen molar-refractivity contribution in [2.24, 2.45) is 0 Å². The molecule has 2 unspecified atom stereocenters. The molecule has 0 saturated carbocycles. The van der Waals surface area contributed by atoms with Crippen molar-refractivity contribution in [2.75, 3.05) is 13.1 Å². The second-order valence-corrected chi connectivity index (χ2v) is 6.91. The van der Waals surface area contributed by atoms with E-state index in [9.17, 15) is 9.59 Å². The van der Waals surface area contributed by atoms with Gasteiger partial charge in [0.05, 0.1) is 0 Å². The minimum absolute atomic E-state index is 0.0437. The molecule has 18 heavy (non-hydrogen) atoms. The molecule has 0 spiro atoms. The first kappa shape index (κ1) is 13.7. The summed E-state index contributed by atoms with van der Waals surface area (Å²) >= 11 is 1.88.